The zero-order chi connectivity index (χ0) is 13.7. The number of amides is 1. The Morgan fingerprint density at radius 2 is 2.16 bits per heavy atom. The van der Waals surface area contributed by atoms with E-state index in [2.05, 4.69) is 20.6 Å². The van der Waals surface area contributed by atoms with Gasteiger partial charge in [-0.3, -0.25) is 9.78 Å². The van der Waals surface area contributed by atoms with Gasteiger partial charge in [-0.2, -0.15) is 0 Å². The molecule has 98 valence electrons. The molecule has 2 rings (SSSR count). The quantitative estimate of drug-likeness (QED) is 0.881. The summed E-state index contributed by atoms with van der Waals surface area (Å²) in [5.74, 6) is 0.449. The molecular formula is C14H16N4O. The molecule has 0 radical (unpaired) electrons. The van der Waals surface area contributed by atoms with Crippen molar-refractivity contribution in [1.29, 1.82) is 0 Å². The highest BCUT2D eigenvalue weighted by atomic mass is 16.1. The molecule has 19 heavy (non-hydrogen) atoms. The van der Waals surface area contributed by atoms with Crippen LogP contribution in [0, 0.1) is 6.92 Å². The van der Waals surface area contributed by atoms with Crippen LogP contribution >= 0.6 is 0 Å². The van der Waals surface area contributed by atoms with E-state index in [1.165, 1.54) is 0 Å². The normalized spacial score (nSPS) is 10.0. The number of nitrogens with one attached hydrogen (secondary N) is 2. The molecule has 2 aromatic heterocycles. The Morgan fingerprint density at radius 1 is 1.32 bits per heavy atom. The Hall–Kier alpha value is -2.43. The molecule has 0 aliphatic rings. The van der Waals surface area contributed by atoms with Crippen LogP contribution in [0.15, 0.2) is 36.7 Å². The van der Waals surface area contributed by atoms with E-state index in [-0.39, 0.29) is 5.91 Å². The third kappa shape index (κ3) is 3.51. The SMILES string of the molecule is CCNc1cccc(C(=O)Nc2cncc(C)c2)n1. The van der Waals surface area contributed by atoms with Crippen LogP contribution in [0.25, 0.3) is 0 Å². The van der Waals surface area contributed by atoms with Crippen molar-refractivity contribution in [3.63, 3.8) is 0 Å². The summed E-state index contributed by atoms with van der Waals surface area (Å²) in [6.07, 6.45) is 3.35. The van der Waals surface area contributed by atoms with Gasteiger partial charge in [-0.15, -0.1) is 0 Å². The fourth-order valence-electron chi connectivity index (χ4n) is 1.66. The molecule has 0 aliphatic carbocycles. The van der Waals surface area contributed by atoms with Gasteiger partial charge in [0.2, 0.25) is 0 Å². The average Bonchev–Trinajstić information content (AvgIpc) is 2.39. The summed E-state index contributed by atoms with van der Waals surface area (Å²) in [4.78, 5) is 20.3. The number of nitrogens with zero attached hydrogens (tertiary/aromatic N) is 2. The molecule has 0 fully saturated rings. The number of hydrogen-bond acceptors (Lipinski definition) is 4. The minimum atomic E-state index is -0.243. The molecule has 0 saturated carbocycles. The maximum atomic E-state index is 12.1. The monoisotopic (exact) mass is 256 g/mol. The topological polar surface area (TPSA) is 66.9 Å². The maximum Gasteiger partial charge on any atom is 0.274 e. The van der Waals surface area contributed by atoms with E-state index in [1.54, 1.807) is 24.5 Å². The molecule has 0 spiro atoms. The lowest BCUT2D eigenvalue weighted by molar-refractivity contribution is 0.102. The second-order valence-corrected chi connectivity index (χ2v) is 4.14. The number of rotatable bonds is 4. The highest BCUT2D eigenvalue weighted by Gasteiger charge is 2.08. The molecule has 0 atom stereocenters. The van der Waals surface area contributed by atoms with Crippen LogP contribution in [0.3, 0.4) is 0 Å². The molecule has 2 aromatic rings. The van der Waals surface area contributed by atoms with Crippen LogP contribution in [-0.2, 0) is 0 Å². The summed E-state index contributed by atoms with van der Waals surface area (Å²) in [5, 5.41) is 5.85. The van der Waals surface area contributed by atoms with Gasteiger partial charge in [0, 0.05) is 12.7 Å². The van der Waals surface area contributed by atoms with E-state index in [9.17, 15) is 4.79 Å². The first-order valence-electron chi connectivity index (χ1n) is 6.13. The van der Waals surface area contributed by atoms with Gasteiger partial charge < -0.3 is 10.6 Å². The number of carbonyl (C=O) groups excluding carboxylic acids is 1. The molecule has 5 nitrogen and oxygen atoms in total. The second kappa shape index (κ2) is 5.95. The molecular weight excluding hydrogens is 240 g/mol. The highest BCUT2D eigenvalue weighted by Crippen LogP contribution is 2.10. The van der Waals surface area contributed by atoms with E-state index >= 15 is 0 Å². The average molecular weight is 256 g/mol. The number of carbonyl (C=O) groups is 1. The first-order chi connectivity index (χ1) is 9.19. The van der Waals surface area contributed by atoms with Gasteiger partial charge in [0.15, 0.2) is 0 Å². The van der Waals surface area contributed by atoms with Crippen molar-refractivity contribution in [2.24, 2.45) is 0 Å². The number of hydrogen-bond donors (Lipinski definition) is 2. The van der Waals surface area contributed by atoms with Gasteiger partial charge in [-0.05, 0) is 37.6 Å². The molecule has 2 heterocycles. The predicted molar refractivity (Wildman–Crippen MR) is 75.3 cm³/mol. The van der Waals surface area contributed by atoms with Crippen LogP contribution in [-0.4, -0.2) is 22.4 Å². The summed E-state index contributed by atoms with van der Waals surface area (Å²) in [6.45, 7) is 4.67. The minimum Gasteiger partial charge on any atom is -0.370 e. The van der Waals surface area contributed by atoms with Gasteiger partial charge >= 0.3 is 0 Å². The fourth-order valence-corrected chi connectivity index (χ4v) is 1.66. The largest absolute Gasteiger partial charge is 0.370 e. The van der Waals surface area contributed by atoms with Gasteiger partial charge in [0.05, 0.1) is 11.9 Å². The van der Waals surface area contributed by atoms with Crippen molar-refractivity contribution in [2.45, 2.75) is 13.8 Å². The summed E-state index contributed by atoms with van der Waals surface area (Å²) >= 11 is 0. The molecule has 0 aromatic carbocycles. The lowest BCUT2D eigenvalue weighted by Crippen LogP contribution is -2.14. The van der Waals surface area contributed by atoms with Crippen molar-refractivity contribution in [3.8, 4) is 0 Å². The van der Waals surface area contributed by atoms with E-state index in [0.717, 1.165) is 12.1 Å². The first-order valence-corrected chi connectivity index (χ1v) is 6.13. The molecule has 0 unspecified atom stereocenters. The third-order valence-electron chi connectivity index (χ3n) is 2.47. The number of aromatic nitrogens is 2. The smallest absolute Gasteiger partial charge is 0.274 e. The standard InChI is InChI=1S/C14H16N4O/c1-3-16-13-6-4-5-12(18-13)14(19)17-11-7-10(2)8-15-9-11/h4-9H,3H2,1-2H3,(H,16,18)(H,17,19). The zero-order valence-electron chi connectivity index (χ0n) is 11.0. The first kappa shape index (κ1) is 13.0. The van der Waals surface area contributed by atoms with E-state index < -0.39 is 0 Å². The van der Waals surface area contributed by atoms with Crippen molar-refractivity contribution in [3.05, 3.63) is 47.9 Å². The zero-order valence-corrected chi connectivity index (χ0v) is 11.0. The molecule has 0 saturated heterocycles. The Morgan fingerprint density at radius 3 is 2.89 bits per heavy atom. The molecule has 5 heteroatoms. The Labute approximate surface area is 112 Å². The predicted octanol–water partition coefficient (Wildman–Crippen LogP) is 2.47. The van der Waals surface area contributed by atoms with Crippen LogP contribution < -0.4 is 10.6 Å². The van der Waals surface area contributed by atoms with Gasteiger partial charge in [0.25, 0.3) is 5.91 Å². The Kier molecular flexibility index (Phi) is 4.07. The third-order valence-corrected chi connectivity index (χ3v) is 2.47. The Bertz CT molecular complexity index is 583. The van der Waals surface area contributed by atoms with E-state index in [0.29, 0.717) is 17.2 Å². The lowest BCUT2D eigenvalue weighted by Gasteiger charge is -2.07. The van der Waals surface area contributed by atoms with Crippen molar-refractivity contribution in [2.75, 3.05) is 17.2 Å². The van der Waals surface area contributed by atoms with Crippen LogP contribution in [0.2, 0.25) is 0 Å². The molecule has 2 N–H and O–H groups in total. The van der Waals surface area contributed by atoms with E-state index in [4.69, 9.17) is 0 Å². The summed E-state index contributed by atoms with van der Waals surface area (Å²) in [5.41, 5.74) is 2.03. The van der Waals surface area contributed by atoms with Crippen LogP contribution in [0.1, 0.15) is 23.0 Å². The lowest BCUT2D eigenvalue weighted by atomic mass is 10.3. The van der Waals surface area contributed by atoms with Gasteiger partial charge in [0.1, 0.15) is 11.5 Å². The molecule has 0 aliphatic heterocycles. The summed E-state index contributed by atoms with van der Waals surface area (Å²) < 4.78 is 0. The number of pyridine rings is 2. The van der Waals surface area contributed by atoms with E-state index in [1.807, 2.05) is 26.0 Å². The van der Waals surface area contributed by atoms with Crippen molar-refractivity contribution >= 4 is 17.4 Å². The van der Waals surface area contributed by atoms with Crippen LogP contribution in [0.5, 0.6) is 0 Å². The maximum absolute atomic E-state index is 12.1. The summed E-state index contributed by atoms with van der Waals surface area (Å²) in [7, 11) is 0. The highest BCUT2D eigenvalue weighted by molar-refractivity contribution is 6.03. The van der Waals surface area contributed by atoms with Crippen molar-refractivity contribution in [1.82, 2.24) is 9.97 Å². The minimum absolute atomic E-state index is 0.243. The van der Waals surface area contributed by atoms with Gasteiger partial charge in [-0.1, -0.05) is 6.07 Å². The summed E-state index contributed by atoms with van der Waals surface area (Å²) in [6, 6.07) is 7.17. The fraction of sp³-hybridized carbons (Fsp3) is 0.214. The second-order valence-electron chi connectivity index (χ2n) is 4.14. The van der Waals surface area contributed by atoms with Crippen molar-refractivity contribution < 1.29 is 4.79 Å². The number of anilines is 2. The molecule has 1 amide bonds. The Balaban J connectivity index is 2.13. The number of aryl methyl sites for hydroxylation is 1. The molecule has 0 bridgehead atoms. The van der Waals surface area contributed by atoms with Gasteiger partial charge in [-0.25, -0.2) is 4.98 Å². The van der Waals surface area contributed by atoms with Crippen LogP contribution in [0.4, 0.5) is 11.5 Å².